The smallest absolute Gasteiger partial charge is 0.343 e. The number of amides is 2. The molecule has 1 heterocycles. The molecule has 1 saturated heterocycles. The highest BCUT2D eigenvalue weighted by molar-refractivity contribution is 5.95. The molecule has 0 saturated carbocycles. The number of nitrogens with zero attached hydrogens (tertiary/aromatic N) is 3. The lowest BCUT2D eigenvalue weighted by atomic mass is 10.1. The minimum absolute atomic E-state index is 0. The highest BCUT2D eigenvalue weighted by Crippen LogP contribution is 2.18. The van der Waals surface area contributed by atoms with Crippen LogP contribution in [0.4, 0.5) is 5.69 Å². The van der Waals surface area contributed by atoms with Crippen molar-refractivity contribution in [2.45, 2.75) is 6.92 Å². The first-order chi connectivity index (χ1) is 15.8. The van der Waals surface area contributed by atoms with Gasteiger partial charge >= 0.3 is 5.97 Å². The van der Waals surface area contributed by atoms with Crippen molar-refractivity contribution in [1.29, 1.82) is 0 Å². The number of carbonyl (C=O) groups is 3. The minimum Gasteiger partial charge on any atom is -0.423 e. The topological polar surface area (TPSA) is 143 Å². The zero-order chi connectivity index (χ0) is 23.8. The van der Waals surface area contributed by atoms with Gasteiger partial charge in [-0.3, -0.25) is 14.5 Å². The maximum absolute atomic E-state index is 12.8. The third-order valence-electron chi connectivity index (χ3n) is 5.13. The molecule has 10 nitrogen and oxygen atoms in total. The van der Waals surface area contributed by atoms with E-state index in [1.165, 1.54) is 6.92 Å². The van der Waals surface area contributed by atoms with Crippen molar-refractivity contribution in [3.8, 4) is 5.75 Å². The van der Waals surface area contributed by atoms with E-state index < -0.39 is 5.97 Å². The van der Waals surface area contributed by atoms with E-state index in [0.29, 0.717) is 42.2 Å². The summed E-state index contributed by atoms with van der Waals surface area (Å²) in [6.45, 7) is 5.60. The summed E-state index contributed by atoms with van der Waals surface area (Å²) in [4.78, 5) is 44.0. The molecule has 2 aromatic rings. The fraction of sp³-hybridized carbons (Fsp3) is 0.304. The summed E-state index contributed by atoms with van der Waals surface area (Å²) in [7, 11) is 0. The molecule has 12 heteroatoms. The molecule has 0 aromatic heterocycles. The zero-order valence-electron chi connectivity index (χ0n) is 19.3. The average molecular weight is 525 g/mol. The third-order valence-corrected chi connectivity index (χ3v) is 5.13. The van der Waals surface area contributed by atoms with Crippen molar-refractivity contribution in [2.24, 2.45) is 16.5 Å². The van der Waals surface area contributed by atoms with E-state index in [1.807, 2.05) is 0 Å². The number of nitrogens with one attached hydrogen (secondary N) is 1. The first kappa shape index (κ1) is 29.7. The SMILES string of the molecule is CC(=O)NCCN1CCN(C(=O)c2ccc(OC(=O)c3ccc(N=C(N)N)cc3)cc2)CC1.Cl.Cl. The van der Waals surface area contributed by atoms with Crippen LogP contribution in [0, 0.1) is 0 Å². The molecule has 0 unspecified atom stereocenters. The highest BCUT2D eigenvalue weighted by atomic mass is 35.5. The van der Waals surface area contributed by atoms with Crippen molar-refractivity contribution in [3.63, 3.8) is 0 Å². The fourth-order valence-electron chi connectivity index (χ4n) is 3.40. The Morgan fingerprint density at radius 3 is 2.03 bits per heavy atom. The van der Waals surface area contributed by atoms with E-state index in [4.69, 9.17) is 16.2 Å². The predicted octanol–water partition coefficient (Wildman–Crippen LogP) is 1.55. The number of rotatable bonds is 7. The molecule has 2 aromatic carbocycles. The van der Waals surface area contributed by atoms with Crippen LogP contribution in [0.2, 0.25) is 0 Å². The standard InChI is InChI=1S/C23H28N6O4.2ClH/c1-16(30)26-10-11-28-12-14-29(15-13-28)21(31)17-4-8-20(9-5-17)33-22(32)18-2-6-19(7-3-18)27-23(24)25;;/h2-9H,10-15H2,1H3,(H,26,30)(H4,24,25,27);2*1H. The Balaban J connectivity index is 0.00000306. The molecular weight excluding hydrogens is 495 g/mol. The summed E-state index contributed by atoms with van der Waals surface area (Å²) < 4.78 is 5.38. The van der Waals surface area contributed by atoms with E-state index in [1.54, 1.807) is 53.4 Å². The summed E-state index contributed by atoms with van der Waals surface area (Å²) >= 11 is 0. The van der Waals surface area contributed by atoms with Crippen LogP contribution in [0.15, 0.2) is 53.5 Å². The van der Waals surface area contributed by atoms with Gasteiger partial charge in [0.15, 0.2) is 5.96 Å². The fourth-order valence-corrected chi connectivity index (χ4v) is 3.40. The van der Waals surface area contributed by atoms with Gasteiger partial charge in [0.1, 0.15) is 5.75 Å². The first-order valence-electron chi connectivity index (χ1n) is 10.6. The van der Waals surface area contributed by atoms with E-state index in [9.17, 15) is 14.4 Å². The van der Waals surface area contributed by atoms with Gasteiger partial charge in [-0.05, 0) is 48.5 Å². The number of hydrogen-bond acceptors (Lipinski definition) is 6. The molecule has 35 heavy (non-hydrogen) atoms. The van der Waals surface area contributed by atoms with Crippen molar-refractivity contribution >= 4 is 54.2 Å². The minimum atomic E-state index is -0.527. The Morgan fingerprint density at radius 2 is 1.49 bits per heavy atom. The molecule has 190 valence electrons. The van der Waals surface area contributed by atoms with Crippen molar-refractivity contribution in [3.05, 3.63) is 59.7 Å². The summed E-state index contributed by atoms with van der Waals surface area (Å²) in [5.74, 6) is -0.361. The van der Waals surface area contributed by atoms with Crippen LogP contribution in [-0.4, -0.2) is 72.8 Å². The largest absolute Gasteiger partial charge is 0.423 e. The second kappa shape index (κ2) is 14.1. The Kier molecular flexibility index (Phi) is 12.0. The Morgan fingerprint density at radius 1 is 0.914 bits per heavy atom. The summed E-state index contributed by atoms with van der Waals surface area (Å²) in [6.07, 6.45) is 0. The van der Waals surface area contributed by atoms with Crippen LogP contribution < -0.4 is 21.5 Å². The van der Waals surface area contributed by atoms with Crippen LogP contribution in [-0.2, 0) is 4.79 Å². The van der Waals surface area contributed by atoms with Crippen LogP contribution in [0.3, 0.4) is 0 Å². The van der Waals surface area contributed by atoms with Gasteiger partial charge in [-0.2, -0.15) is 0 Å². The summed E-state index contributed by atoms with van der Waals surface area (Å²) in [6, 6.07) is 12.8. The number of aliphatic imine (C=N–C) groups is 1. The Hall–Kier alpha value is -3.34. The second-order valence-corrected chi connectivity index (χ2v) is 7.61. The number of esters is 1. The maximum Gasteiger partial charge on any atom is 0.343 e. The predicted molar refractivity (Wildman–Crippen MR) is 139 cm³/mol. The van der Waals surface area contributed by atoms with Gasteiger partial charge in [-0.1, -0.05) is 0 Å². The van der Waals surface area contributed by atoms with E-state index in [2.05, 4.69) is 15.2 Å². The third kappa shape index (κ3) is 9.08. The molecular formula is C23H30Cl2N6O4. The number of piperazine rings is 1. The second-order valence-electron chi connectivity index (χ2n) is 7.61. The monoisotopic (exact) mass is 524 g/mol. The van der Waals surface area contributed by atoms with E-state index in [-0.39, 0.29) is 42.6 Å². The summed E-state index contributed by atoms with van der Waals surface area (Å²) in [5, 5.41) is 2.78. The van der Waals surface area contributed by atoms with Crippen LogP contribution in [0.25, 0.3) is 0 Å². The molecule has 0 aliphatic carbocycles. The number of halogens is 2. The molecule has 0 spiro atoms. The number of ether oxygens (including phenoxy) is 1. The quantitative estimate of drug-likeness (QED) is 0.215. The van der Waals surface area contributed by atoms with Crippen LogP contribution in [0.1, 0.15) is 27.6 Å². The Labute approximate surface area is 216 Å². The lowest BCUT2D eigenvalue weighted by Crippen LogP contribution is -2.50. The van der Waals surface area contributed by atoms with E-state index in [0.717, 1.165) is 19.6 Å². The van der Waals surface area contributed by atoms with Gasteiger partial charge in [-0.15, -0.1) is 24.8 Å². The molecule has 0 bridgehead atoms. The first-order valence-corrected chi connectivity index (χ1v) is 10.6. The van der Waals surface area contributed by atoms with Crippen molar-refractivity contribution in [2.75, 3.05) is 39.3 Å². The normalized spacial score (nSPS) is 13.0. The molecule has 0 atom stereocenters. The van der Waals surface area contributed by atoms with Gasteiger partial charge < -0.3 is 26.4 Å². The number of benzene rings is 2. The molecule has 1 aliphatic heterocycles. The molecule has 1 aliphatic rings. The molecule has 3 rings (SSSR count). The van der Waals surface area contributed by atoms with Gasteiger partial charge in [0, 0.05) is 51.8 Å². The van der Waals surface area contributed by atoms with Gasteiger partial charge in [0.25, 0.3) is 5.91 Å². The van der Waals surface area contributed by atoms with Crippen LogP contribution >= 0.6 is 24.8 Å². The number of carbonyl (C=O) groups excluding carboxylic acids is 3. The van der Waals surface area contributed by atoms with Gasteiger partial charge in [-0.25, -0.2) is 9.79 Å². The molecule has 0 radical (unpaired) electrons. The molecule has 5 N–H and O–H groups in total. The van der Waals surface area contributed by atoms with Crippen molar-refractivity contribution < 1.29 is 19.1 Å². The Bertz CT molecular complexity index is 1020. The van der Waals surface area contributed by atoms with Gasteiger partial charge in [0.05, 0.1) is 11.3 Å². The molecule has 1 fully saturated rings. The van der Waals surface area contributed by atoms with E-state index >= 15 is 0 Å². The lowest BCUT2D eigenvalue weighted by molar-refractivity contribution is -0.119. The lowest BCUT2D eigenvalue weighted by Gasteiger charge is -2.34. The number of nitrogens with two attached hydrogens (primary N) is 2. The van der Waals surface area contributed by atoms with Crippen LogP contribution in [0.5, 0.6) is 5.75 Å². The maximum atomic E-state index is 12.8. The van der Waals surface area contributed by atoms with Crippen molar-refractivity contribution in [1.82, 2.24) is 15.1 Å². The highest BCUT2D eigenvalue weighted by Gasteiger charge is 2.22. The summed E-state index contributed by atoms with van der Waals surface area (Å²) in [5.41, 5.74) is 12.1. The number of hydrogen-bond donors (Lipinski definition) is 3. The molecule has 2 amide bonds. The average Bonchev–Trinajstić information content (AvgIpc) is 2.79. The zero-order valence-corrected chi connectivity index (χ0v) is 20.9. The van der Waals surface area contributed by atoms with Gasteiger partial charge in [0.2, 0.25) is 5.91 Å². The number of guanidine groups is 1.